The third-order valence-electron chi connectivity index (χ3n) is 3.07. The van der Waals surface area contributed by atoms with E-state index in [0.717, 1.165) is 10.8 Å². The maximum absolute atomic E-state index is 9.09. The fourth-order valence-electron chi connectivity index (χ4n) is 2.21. The number of benzene rings is 1. The summed E-state index contributed by atoms with van der Waals surface area (Å²) in [7, 11) is 0. The summed E-state index contributed by atoms with van der Waals surface area (Å²) in [6, 6.07) is 7.75. The quantitative estimate of drug-likeness (QED) is 0.621. The number of rotatable bonds is 0. The zero-order valence-corrected chi connectivity index (χ0v) is 11.1. The van der Waals surface area contributed by atoms with Crippen LogP contribution in [0.5, 0.6) is 0 Å². The SMILES string of the molecule is Cc1oc2cc3c(C#N)c(C)oc3cc2c1C#N.Cl. The molecule has 0 saturated heterocycles. The zero-order valence-electron chi connectivity index (χ0n) is 10.3. The van der Waals surface area contributed by atoms with E-state index in [0.29, 0.717) is 33.8 Å². The molecule has 0 spiro atoms. The predicted octanol–water partition coefficient (Wildman–Crippen LogP) is 3.96. The Morgan fingerprint density at radius 2 is 1.21 bits per heavy atom. The Kier molecular flexibility index (Phi) is 2.98. The van der Waals surface area contributed by atoms with Crippen LogP contribution in [0.25, 0.3) is 21.9 Å². The highest BCUT2D eigenvalue weighted by atomic mass is 35.5. The molecular weight excluding hydrogens is 264 g/mol. The Morgan fingerprint density at radius 1 is 0.842 bits per heavy atom. The van der Waals surface area contributed by atoms with E-state index in [-0.39, 0.29) is 12.4 Å². The van der Waals surface area contributed by atoms with Gasteiger partial charge in [0.25, 0.3) is 0 Å². The molecule has 0 amide bonds. The van der Waals surface area contributed by atoms with Gasteiger partial charge in [0.05, 0.1) is 0 Å². The van der Waals surface area contributed by atoms with Gasteiger partial charge in [0, 0.05) is 10.8 Å². The summed E-state index contributed by atoms with van der Waals surface area (Å²) >= 11 is 0. The van der Waals surface area contributed by atoms with E-state index in [9.17, 15) is 0 Å². The molecule has 0 unspecified atom stereocenters. The van der Waals surface area contributed by atoms with E-state index < -0.39 is 0 Å². The van der Waals surface area contributed by atoms with Gasteiger partial charge in [-0.05, 0) is 26.0 Å². The van der Waals surface area contributed by atoms with Crippen LogP contribution in [0.15, 0.2) is 21.0 Å². The molecule has 3 rings (SSSR count). The van der Waals surface area contributed by atoms with Crippen LogP contribution < -0.4 is 0 Å². The maximum atomic E-state index is 9.09. The predicted molar refractivity (Wildman–Crippen MR) is 72.1 cm³/mol. The molecule has 19 heavy (non-hydrogen) atoms. The standard InChI is InChI=1S/C14H8N2O2.ClH/c1-7-11(5-15)9-3-14-10(4-13(9)17-7)12(6-16)8(2)18-14;/h3-4H,1-2H3;1H. The highest BCUT2D eigenvalue weighted by Gasteiger charge is 2.16. The van der Waals surface area contributed by atoms with E-state index in [1.54, 1.807) is 26.0 Å². The Bertz CT molecular complexity index is 801. The van der Waals surface area contributed by atoms with Crippen LogP contribution in [0.4, 0.5) is 0 Å². The number of furan rings is 2. The average Bonchev–Trinajstić information content (AvgIpc) is 2.80. The van der Waals surface area contributed by atoms with Crippen LogP contribution in [0.3, 0.4) is 0 Å². The summed E-state index contributed by atoms with van der Waals surface area (Å²) in [5.41, 5.74) is 2.24. The number of halogens is 1. The molecule has 0 fully saturated rings. The lowest BCUT2D eigenvalue weighted by Crippen LogP contribution is -1.75. The van der Waals surface area contributed by atoms with Gasteiger partial charge in [0.2, 0.25) is 0 Å². The van der Waals surface area contributed by atoms with Crippen LogP contribution >= 0.6 is 12.4 Å². The van der Waals surface area contributed by atoms with Gasteiger partial charge >= 0.3 is 0 Å². The lowest BCUT2D eigenvalue weighted by atomic mass is 10.1. The van der Waals surface area contributed by atoms with Gasteiger partial charge in [-0.2, -0.15) is 10.5 Å². The van der Waals surface area contributed by atoms with Crippen molar-refractivity contribution in [3.8, 4) is 12.1 Å². The third kappa shape index (κ3) is 1.66. The second kappa shape index (κ2) is 4.35. The molecule has 0 bridgehead atoms. The highest BCUT2D eigenvalue weighted by Crippen LogP contribution is 2.33. The number of hydrogen-bond donors (Lipinski definition) is 0. The summed E-state index contributed by atoms with van der Waals surface area (Å²) in [5, 5.41) is 19.6. The number of nitriles is 2. The summed E-state index contributed by atoms with van der Waals surface area (Å²) in [6.07, 6.45) is 0. The summed E-state index contributed by atoms with van der Waals surface area (Å²) in [5.74, 6) is 1.16. The zero-order chi connectivity index (χ0) is 12.9. The van der Waals surface area contributed by atoms with Crippen molar-refractivity contribution in [2.75, 3.05) is 0 Å². The molecule has 2 aromatic heterocycles. The Labute approximate surface area is 115 Å². The lowest BCUT2D eigenvalue weighted by molar-refractivity contribution is 0.574. The van der Waals surface area contributed by atoms with Crippen molar-refractivity contribution in [3.63, 3.8) is 0 Å². The summed E-state index contributed by atoms with van der Waals surface area (Å²) in [6.45, 7) is 3.49. The van der Waals surface area contributed by atoms with Crippen molar-refractivity contribution in [1.82, 2.24) is 0 Å². The second-order valence-corrected chi connectivity index (χ2v) is 4.13. The lowest BCUT2D eigenvalue weighted by Gasteiger charge is -1.90. The van der Waals surface area contributed by atoms with E-state index in [2.05, 4.69) is 12.1 Å². The molecule has 0 radical (unpaired) electrons. The number of nitrogens with zero attached hydrogens (tertiary/aromatic N) is 2. The van der Waals surface area contributed by atoms with E-state index in [1.165, 1.54) is 0 Å². The highest BCUT2D eigenvalue weighted by molar-refractivity contribution is 5.99. The molecule has 0 N–H and O–H groups in total. The molecule has 94 valence electrons. The van der Waals surface area contributed by atoms with Crippen LogP contribution in [-0.2, 0) is 0 Å². The van der Waals surface area contributed by atoms with Crippen LogP contribution in [0, 0.1) is 36.5 Å². The van der Waals surface area contributed by atoms with Gasteiger partial charge < -0.3 is 8.83 Å². The first-order valence-corrected chi connectivity index (χ1v) is 5.42. The number of aryl methyl sites for hydroxylation is 2. The first kappa shape index (κ1) is 13.0. The molecule has 4 nitrogen and oxygen atoms in total. The van der Waals surface area contributed by atoms with Crippen molar-refractivity contribution >= 4 is 34.3 Å². The monoisotopic (exact) mass is 272 g/mol. The van der Waals surface area contributed by atoms with Crippen LogP contribution in [-0.4, -0.2) is 0 Å². The van der Waals surface area contributed by atoms with Crippen molar-refractivity contribution in [2.24, 2.45) is 0 Å². The maximum Gasteiger partial charge on any atom is 0.136 e. The molecule has 0 atom stereocenters. The molecule has 0 saturated carbocycles. The smallest absolute Gasteiger partial charge is 0.136 e. The van der Waals surface area contributed by atoms with Crippen LogP contribution in [0.2, 0.25) is 0 Å². The van der Waals surface area contributed by atoms with E-state index in [1.807, 2.05) is 0 Å². The molecular formula is C14H9ClN2O2. The third-order valence-corrected chi connectivity index (χ3v) is 3.07. The summed E-state index contributed by atoms with van der Waals surface area (Å²) in [4.78, 5) is 0. The minimum absolute atomic E-state index is 0. The second-order valence-electron chi connectivity index (χ2n) is 4.13. The molecule has 2 heterocycles. The van der Waals surface area contributed by atoms with E-state index >= 15 is 0 Å². The Hall–Kier alpha value is -2.43. The molecule has 5 heteroatoms. The topological polar surface area (TPSA) is 73.9 Å². The molecule has 0 aliphatic heterocycles. The average molecular weight is 273 g/mol. The minimum atomic E-state index is 0. The van der Waals surface area contributed by atoms with Gasteiger partial charge in [-0.3, -0.25) is 0 Å². The van der Waals surface area contributed by atoms with Gasteiger partial charge in [-0.1, -0.05) is 0 Å². The van der Waals surface area contributed by atoms with Gasteiger partial charge in [0.1, 0.15) is 46.0 Å². The molecule has 3 aromatic rings. The fourth-order valence-corrected chi connectivity index (χ4v) is 2.21. The first-order valence-electron chi connectivity index (χ1n) is 5.42. The number of fused-ring (bicyclic) bond motifs is 2. The summed E-state index contributed by atoms with van der Waals surface area (Å²) < 4.78 is 11.1. The molecule has 0 aliphatic rings. The Balaban J connectivity index is 0.00000133. The fraction of sp³-hybridized carbons (Fsp3) is 0.143. The largest absolute Gasteiger partial charge is 0.460 e. The van der Waals surface area contributed by atoms with Crippen molar-refractivity contribution in [3.05, 3.63) is 34.8 Å². The number of hydrogen-bond acceptors (Lipinski definition) is 4. The van der Waals surface area contributed by atoms with Gasteiger partial charge in [-0.15, -0.1) is 12.4 Å². The minimum Gasteiger partial charge on any atom is -0.460 e. The van der Waals surface area contributed by atoms with Crippen molar-refractivity contribution in [1.29, 1.82) is 10.5 Å². The van der Waals surface area contributed by atoms with Crippen molar-refractivity contribution < 1.29 is 8.83 Å². The Morgan fingerprint density at radius 3 is 1.53 bits per heavy atom. The molecule has 1 aromatic carbocycles. The van der Waals surface area contributed by atoms with E-state index in [4.69, 9.17) is 19.4 Å². The van der Waals surface area contributed by atoms with Crippen LogP contribution in [0.1, 0.15) is 22.6 Å². The first-order chi connectivity index (χ1) is 8.65. The molecule has 0 aliphatic carbocycles. The van der Waals surface area contributed by atoms with Crippen molar-refractivity contribution in [2.45, 2.75) is 13.8 Å². The van der Waals surface area contributed by atoms with Gasteiger partial charge in [0.15, 0.2) is 0 Å². The normalized spacial score (nSPS) is 10.1. The van der Waals surface area contributed by atoms with Gasteiger partial charge in [-0.25, -0.2) is 0 Å².